The van der Waals surface area contributed by atoms with E-state index in [0.717, 1.165) is 12.0 Å². The van der Waals surface area contributed by atoms with Gasteiger partial charge in [0.2, 0.25) is 0 Å². The summed E-state index contributed by atoms with van der Waals surface area (Å²) in [5, 5.41) is 0.417. The van der Waals surface area contributed by atoms with E-state index in [1.165, 1.54) is 0 Å². The minimum Gasteiger partial charge on any atom is -0.459 e. The minimum atomic E-state index is -0.543. The Balaban J connectivity index is 2.28. The number of hydrogen-bond acceptors (Lipinski definition) is 4. The standard InChI is InChI=1S/C14H20ClNO3/c1-10(2)6-7-18-11(3)14(17)19-9-12-4-5-13(15)16-8-12/h4-5,8,10-11H,6-7,9H2,1-3H3. The molecule has 0 amide bonds. The van der Waals surface area contributed by atoms with Gasteiger partial charge in [-0.1, -0.05) is 31.5 Å². The molecule has 0 fully saturated rings. The molecule has 19 heavy (non-hydrogen) atoms. The van der Waals surface area contributed by atoms with Crippen LogP contribution in [-0.4, -0.2) is 23.7 Å². The molecule has 0 aromatic carbocycles. The molecular weight excluding hydrogens is 266 g/mol. The third-order valence-corrected chi connectivity index (χ3v) is 2.79. The first-order valence-corrected chi connectivity index (χ1v) is 6.75. The maximum Gasteiger partial charge on any atom is 0.335 e. The Labute approximate surface area is 119 Å². The Kier molecular flexibility index (Phi) is 6.81. The first-order valence-electron chi connectivity index (χ1n) is 6.37. The van der Waals surface area contributed by atoms with Crippen LogP contribution in [0.5, 0.6) is 0 Å². The van der Waals surface area contributed by atoms with E-state index < -0.39 is 6.10 Å². The van der Waals surface area contributed by atoms with Crippen LogP contribution < -0.4 is 0 Å². The van der Waals surface area contributed by atoms with Crippen LogP contribution in [0.25, 0.3) is 0 Å². The Bertz CT molecular complexity index is 392. The molecule has 0 bridgehead atoms. The average molecular weight is 286 g/mol. The summed E-state index contributed by atoms with van der Waals surface area (Å²) in [4.78, 5) is 15.6. The number of halogens is 1. The van der Waals surface area contributed by atoms with E-state index in [2.05, 4.69) is 18.8 Å². The number of esters is 1. The fraction of sp³-hybridized carbons (Fsp3) is 0.571. The van der Waals surface area contributed by atoms with Gasteiger partial charge in [-0.2, -0.15) is 0 Å². The highest BCUT2D eigenvalue weighted by molar-refractivity contribution is 6.29. The van der Waals surface area contributed by atoms with Crippen LogP contribution in [0, 0.1) is 5.92 Å². The Hall–Kier alpha value is -1.13. The topological polar surface area (TPSA) is 48.4 Å². The van der Waals surface area contributed by atoms with Crippen molar-refractivity contribution in [2.75, 3.05) is 6.61 Å². The van der Waals surface area contributed by atoms with Gasteiger partial charge < -0.3 is 9.47 Å². The third-order valence-electron chi connectivity index (χ3n) is 2.56. The van der Waals surface area contributed by atoms with Crippen molar-refractivity contribution in [2.45, 2.75) is 39.9 Å². The summed E-state index contributed by atoms with van der Waals surface area (Å²) < 4.78 is 10.6. The molecular formula is C14H20ClNO3. The van der Waals surface area contributed by atoms with Crippen LogP contribution in [0.4, 0.5) is 0 Å². The summed E-state index contributed by atoms with van der Waals surface area (Å²) in [6.07, 6.45) is 1.97. The lowest BCUT2D eigenvalue weighted by Gasteiger charge is -2.13. The first kappa shape index (κ1) is 15.9. The zero-order valence-electron chi connectivity index (χ0n) is 11.6. The van der Waals surface area contributed by atoms with Crippen LogP contribution >= 0.6 is 11.6 Å². The second kappa shape index (κ2) is 8.12. The maximum atomic E-state index is 11.7. The molecule has 0 aliphatic heterocycles. The predicted octanol–water partition coefficient (Wildman–Crippen LogP) is 3.23. The van der Waals surface area contributed by atoms with Gasteiger partial charge in [-0.05, 0) is 25.3 Å². The molecule has 0 aliphatic carbocycles. The third kappa shape index (κ3) is 6.55. The quantitative estimate of drug-likeness (QED) is 0.570. The van der Waals surface area contributed by atoms with Crippen molar-refractivity contribution in [1.29, 1.82) is 0 Å². The van der Waals surface area contributed by atoms with Crippen molar-refractivity contribution >= 4 is 17.6 Å². The average Bonchev–Trinajstić information content (AvgIpc) is 2.37. The van der Waals surface area contributed by atoms with Gasteiger partial charge in [-0.25, -0.2) is 9.78 Å². The molecule has 106 valence electrons. The highest BCUT2D eigenvalue weighted by Gasteiger charge is 2.15. The summed E-state index contributed by atoms with van der Waals surface area (Å²) >= 11 is 5.67. The molecule has 0 aliphatic rings. The number of hydrogen-bond donors (Lipinski definition) is 0. The van der Waals surface area contributed by atoms with Crippen LogP contribution in [-0.2, 0) is 20.9 Å². The summed E-state index contributed by atoms with van der Waals surface area (Å²) in [6, 6.07) is 3.43. The largest absolute Gasteiger partial charge is 0.459 e. The zero-order valence-corrected chi connectivity index (χ0v) is 12.3. The van der Waals surface area contributed by atoms with E-state index >= 15 is 0 Å². The van der Waals surface area contributed by atoms with Crippen molar-refractivity contribution in [3.05, 3.63) is 29.0 Å². The summed E-state index contributed by atoms with van der Waals surface area (Å²) in [6.45, 7) is 6.67. The number of aromatic nitrogens is 1. The molecule has 0 saturated carbocycles. The lowest BCUT2D eigenvalue weighted by molar-refractivity contribution is -0.157. The van der Waals surface area contributed by atoms with Gasteiger partial charge in [0, 0.05) is 18.4 Å². The number of carbonyl (C=O) groups is 1. The van der Waals surface area contributed by atoms with Crippen LogP contribution in [0.2, 0.25) is 5.15 Å². The molecule has 0 N–H and O–H groups in total. The number of carbonyl (C=O) groups excluding carboxylic acids is 1. The van der Waals surface area contributed by atoms with Crippen molar-refractivity contribution in [2.24, 2.45) is 5.92 Å². The minimum absolute atomic E-state index is 0.181. The highest BCUT2D eigenvalue weighted by Crippen LogP contribution is 2.08. The Morgan fingerprint density at radius 2 is 2.11 bits per heavy atom. The molecule has 1 aromatic rings. The summed E-state index contributed by atoms with van der Waals surface area (Å²) in [5.41, 5.74) is 0.798. The van der Waals surface area contributed by atoms with Crippen LogP contribution in [0.15, 0.2) is 18.3 Å². The summed E-state index contributed by atoms with van der Waals surface area (Å²) in [7, 11) is 0. The van der Waals surface area contributed by atoms with E-state index in [1.807, 2.05) is 0 Å². The van der Waals surface area contributed by atoms with E-state index in [1.54, 1.807) is 25.3 Å². The monoisotopic (exact) mass is 285 g/mol. The molecule has 4 nitrogen and oxygen atoms in total. The van der Waals surface area contributed by atoms with Crippen LogP contribution in [0.1, 0.15) is 32.8 Å². The maximum absolute atomic E-state index is 11.7. The smallest absolute Gasteiger partial charge is 0.335 e. The van der Waals surface area contributed by atoms with E-state index in [-0.39, 0.29) is 12.6 Å². The fourth-order valence-corrected chi connectivity index (χ4v) is 1.42. The lowest BCUT2D eigenvalue weighted by atomic mass is 10.1. The van der Waals surface area contributed by atoms with Crippen molar-refractivity contribution in [3.8, 4) is 0 Å². The molecule has 0 radical (unpaired) electrons. The SMILES string of the molecule is CC(C)CCOC(C)C(=O)OCc1ccc(Cl)nc1. The van der Waals surface area contributed by atoms with Gasteiger partial charge in [0.05, 0.1) is 0 Å². The molecule has 1 unspecified atom stereocenters. The molecule has 1 heterocycles. The number of ether oxygens (including phenoxy) is 2. The zero-order chi connectivity index (χ0) is 14.3. The predicted molar refractivity (Wildman–Crippen MR) is 73.9 cm³/mol. The van der Waals surface area contributed by atoms with E-state index in [9.17, 15) is 4.79 Å². The second-order valence-electron chi connectivity index (χ2n) is 4.79. The molecule has 1 aromatic heterocycles. The molecule has 1 rings (SSSR count). The second-order valence-corrected chi connectivity index (χ2v) is 5.18. The van der Waals surface area contributed by atoms with Crippen molar-refractivity contribution in [3.63, 3.8) is 0 Å². The normalized spacial score (nSPS) is 12.5. The van der Waals surface area contributed by atoms with Gasteiger partial charge >= 0.3 is 5.97 Å². The van der Waals surface area contributed by atoms with Crippen LogP contribution in [0.3, 0.4) is 0 Å². The van der Waals surface area contributed by atoms with E-state index in [0.29, 0.717) is 17.7 Å². The van der Waals surface area contributed by atoms with Gasteiger partial charge in [-0.3, -0.25) is 0 Å². The van der Waals surface area contributed by atoms with E-state index in [4.69, 9.17) is 21.1 Å². The summed E-state index contributed by atoms with van der Waals surface area (Å²) in [5.74, 6) is 0.196. The molecule has 1 atom stereocenters. The molecule has 0 saturated heterocycles. The Morgan fingerprint density at radius 1 is 1.37 bits per heavy atom. The fourth-order valence-electron chi connectivity index (χ4n) is 1.31. The Morgan fingerprint density at radius 3 is 2.68 bits per heavy atom. The number of nitrogens with zero attached hydrogens (tertiary/aromatic N) is 1. The molecule has 5 heteroatoms. The van der Waals surface area contributed by atoms with Crippen molar-refractivity contribution in [1.82, 2.24) is 4.98 Å². The molecule has 0 spiro atoms. The lowest BCUT2D eigenvalue weighted by Crippen LogP contribution is -2.24. The van der Waals surface area contributed by atoms with Gasteiger partial charge in [-0.15, -0.1) is 0 Å². The first-order chi connectivity index (χ1) is 8.99. The number of rotatable bonds is 7. The number of pyridine rings is 1. The van der Waals surface area contributed by atoms with Gasteiger partial charge in [0.25, 0.3) is 0 Å². The van der Waals surface area contributed by atoms with Gasteiger partial charge in [0.1, 0.15) is 11.8 Å². The van der Waals surface area contributed by atoms with Gasteiger partial charge in [0.15, 0.2) is 6.10 Å². The van der Waals surface area contributed by atoms with Crippen molar-refractivity contribution < 1.29 is 14.3 Å². The highest BCUT2D eigenvalue weighted by atomic mass is 35.5.